The lowest BCUT2D eigenvalue weighted by molar-refractivity contribution is -0.117. The van der Waals surface area contributed by atoms with Crippen molar-refractivity contribution in [2.24, 2.45) is 5.10 Å². The molecule has 1 heterocycles. The van der Waals surface area contributed by atoms with Crippen molar-refractivity contribution in [2.75, 3.05) is 18.6 Å². The Bertz CT molecular complexity index is 846. The summed E-state index contributed by atoms with van der Waals surface area (Å²) in [4.78, 5) is 25.6. The third kappa shape index (κ3) is 3.83. The Morgan fingerprint density at radius 3 is 2.65 bits per heavy atom. The fraction of sp³-hybridized carbons (Fsp3) is 0.211. The SMILES string of the molecule is COc1ccc(/C=N\NC(=O)c2ccc(N3CCCC3=O)cc2)cc1O. The van der Waals surface area contributed by atoms with E-state index in [1.165, 1.54) is 19.4 Å². The van der Waals surface area contributed by atoms with Crippen LogP contribution in [0.3, 0.4) is 0 Å². The Morgan fingerprint density at radius 1 is 1.27 bits per heavy atom. The zero-order valence-electron chi connectivity index (χ0n) is 14.3. The van der Waals surface area contributed by atoms with Gasteiger partial charge in [-0.05, 0) is 54.4 Å². The quantitative estimate of drug-likeness (QED) is 0.637. The number of nitrogens with one attached hydrogen (secondary N) is 1. The van der Waals surface area contributed by atoms with Crippen LogP contribution in [-0.2, 0) is 4.79 Å². The van der Waals surface area contributed by atoms with E-state index in [0.717, 1.165) is 12.1 Å². The van der Waals surface area contributed by atoms with E-state index >= 15 is 0 Å². The summed E-state index contributed by atoms with van der Waals surface area (Å²) in [5.41, 5.74) is 4.28. The van der Waals surface area contributed by atoms with Crippen molar-refractivity contribution in [3.05, 3.63) is 53.6 Å². The first-order chi connectivity index (χ1) is 12.6. The molecule has 0 aliphatic carbocycles. The molecule has 134 valence electrons. The van der Waals surface area contributed by atoms with Crippen LogP contribution < -0.4 is 15.1 Å². The number of nitrogens with zero attached hydrogens (tertiary/aromatic N) is 2. The molecule has 0 spiro atoms. The number of methoxy groups -OCH3 is 1. The number of aromatic hydroxyl groups is 1. The van der Waals surface area contributed by atoms with Crippen molar-refractivity contribution in [3.8, 4) is 11.5 Å². The maximum atomic E-state index is 12.1. The fourth-order valence-electron chi connectivity index (χ4n) is 2.73. The number of carbonyl (C=O) groups excluding carboxylic acids is 2. The molecule has 7 heteroatoms. The van der Waals surface area contributed by atoms with Crippen LogP contribution in [0, 0.1) is 0 Å². The van der Waals surface area contributed by atoms with Gasteiger partial charge in [0.2, 0.25) is 5.91 Å². The second-order valence-corrected chi connectivity index (χ2v) is 5.83. The van der Waals surface area contributed by atoms with Crippen LogP contribution in [0.1, 0.15) is 28.8 Å². The van der Waals surface area contributed by atoms with Crippen molar-refractivity contribution in [2.45, 2.75) is 12.8 Å². The predicted octanol–water partition coefficient (Wildman–Crippen LogP) is 2.29. The van der Waals surface area contributed by atoms with Gasteiger partial charge in [-0.25, -0.2) is 5.43 Å². The molecule has 1 aliphatic heterocycles. The largest absolute Gasteiger partial charge is 0.504 e. The molecule has 2 aromatic carbocycles. The van der Waals surface area contributed by atoms with Crippen LogP contribution in [0.4, 0.5) is 5.69 Å². The van der Waals surface area contributed by atoms with E-state index in [4.69, 9.17) is 4.74 Å². The molecule has 0 bridgehead atoms. The molecule has 2 aromatic rings. The van der Waals surface area contributed by atoms with Crippen LogP contribution in [0.25, 0.3) is 0 Å². The van der Waals surface area contributed by atoms with Crippen LogP contribution in [0.2, 0.25) is 0 Å². The first-order valence-corrected chi connectivity index (χ1v) is 8.19. The highest BCUT2D eigenvalue weighted by molar-refractivity contribution is 5.97. The van der Waals surface area contributed by atoms with Crippen molar-refractivity contribution in [1.82, 2.24) is 5.43 Å². The van der Waals surface area contributed by atoms with E-state index in [-0.39, 0.29) is 17.6 Å². The summed E-state index contributed by atoms with van der Waals surface area (Å²) in [6, 6.07) is 11.6. The van der Waals surface area contributed by atoms with Crippen LogP contribution >= 0.6 is 0 Å². The third-order valence-corrected chi connectivity index (χ3v) is 4.10. The summed E-state index contributed by atoms with van der Waals surface area (Å²) in [5.74, 6) is 0.102. The number of anilines is 1. The Morgan fingerprint density at radius 2 is 2.04 bits per heavy atom. The molecule has 0 aromatic heterocycles. The van der Waals surface area contributed by atoms with Gasteiger partial charge in [0.05, 0.1) is 13.3 Å². The Hall–Kier alpha value is -3.35. The molecule has 1 aliphatic rings. The summed E-state index contributed by atoms with van der Waals surface area (Å²) in [7, 11) is 1.47. The lowest BCUT2D eigenvalue weighted by Gasteiger charge is -2.15. The molecular formula is C19H19N3O4. The number of ether oxygens (including phenoxy) is 1. The molecule has 3 rings (SSSR count). The van der Waals surface area contributed by atoms with Gasteiger partial charge in [-0.2, -0.15) is 5.10 Å². The zero-order chi connectivity index (χ0) is 18.5. The van der Waals surface area contributed by atoms with Gasteiger partial charge in [0.25, 0.3) is 5.91 Å². The lowest BCUT2D eigenvalue weighted by atomic mass is 10.2. The minimum absolute atomic E-state index is 0.00479. The number of hydrogen-bond donors (Lipinski definition) is 2. The van der Waals surface area contributed by atoms with Crippen LogP contribution in [0.5, 0.6) is 11.5 Å². The normalized spacial score (nSPS) is 14.0. The van der Waals surface area contributed by atoms with Crippen molar-refractivity contribution < 1.29 is 19.4 Å². The van der Waals surface area contributed by atoms with E-state index < -0.39 is 0 Å². The zero-order valence-corrected chi connectivity index (χ0v) is 14.3. The van der Waals surface area contributed by atoms with E-state index in [1.54, 1.807) is 41.3 Å². The molecule has 1 fully saturated rings. The molecule has 2 N–H and O–H groups in total. The summed E-state index contributed by atoms with van der Waals surface area (Å²) in [6.07, 6.45) is 2.85. The van der Waals surface area contributed by atoms with Crippen molar-refractivity contribution in [3.63, 3.8) is 0 Å². The second kappa shape index (κ2) is 7.69. The second-order valence-electron chi connectivity index (χ2n) is 5.83. The maximum absolute atomic E-state index is 12.1. The number of hydrogen-bond acceptors (Lipinski definition) is 5. The first kappa shape index (κ1) is 17.5. The van der Waals surface area contributed by atoms with Gasteiger partial charge in [-0.1, -0.05) is 0 Å². The molecule has 7 nitrogen and oxygen atoms in total. The van der Waals surface area contributed by atoms with E-state index in [9.17, 15) is 14.7 Å². The van der Waals surface area contributed by atoms with Crippen LogP contribution in [0.15, 0.2) is 47.6 Å². The van der Waals surface area contributed by atoms with Gasteiger partial charge in [-0.3, -0.25) is 9.59 Å². The van der Waals surface area contributed by atoms with Gasteiger partial charge < -0.3 is 14.7 Å². The molecule has 0 unspecified atom stereocenters. The molecular weight excluding hydrogens is 334 g/mol. The molecule has 0 saturated carbocycles. The van der Waals surface area contributed by atoms with Crippen LogP contribution in [-0.4, -0.2) is 36.8 Å². The molecule has 1 saturated heterocycles. The predicted molar refractivity (Wildman–Crippen MR) is 97.7 cm³/mol. The summed E-state index contributed by atoms with van der Waals surface area (Å²) >= 11 is 0. The smallest absolute Gasteiger partial charge is 0.271 e. The highest BCUT2D eigenvalue weighted by Crippen LogP contribution is 2.25. The Balaban J connectivity index is 1.61. The highest BCUT2D eigenvalue weighted by atomic mass is 16.5. The molecule has 26 heavy (non-hydrogen) atoms. The first-order valence-electron chi connectivity index (χ1n) is 8.19. The number of amides is 2. The van der Waals surface area contributed by atoms with Gasteiger partial charge >= 0.3 is 0 Å². The van der Waals surface area contributed by atoms with Gasteiger partial charge in [0.1, 0.15) is 0 Å². The number of benzene rings is 2. The topological polar surface area (TPSA) is 91.2 Å². The van der Waals surface area contributed by atoms with E-state index in [1.807, 2.05) is 0 Å². The van der Waals surface area contributed by atoms with Gasteiger partial charge in [-0.15, -0.1) is 0 Å². The van der Waals surface area contributed by atoms with Gasteiger partial charge in [0, 0.05) is 24.2 Å². The number of rotatable bonds is 5. The Labute approximate surface area is 150 Å². The highest BCUT2D eigenvalue weighted by Gasteiger charge is 2.21. The average molecular weight is 353 g/mol. The Kier molecular flexibility index (Phi) is 5.17. The minimum Gasteiger partial charge on any atom is -0.504 e. The molecule has 0 radical (unpaired) electrons. The third-order valence-electron chi connectivity index (χ3n) is 4.10. The molecule has 0 atom stereocenters. The summed E-state index contributed by atoms with van der Waals surface area (Å²) in [5, 5.41) is 13.6. The average Bonchev–Trinajstić information content (AvgIpc) is 3.08. The summed E-state index contributed by atoms with van der Waals surface area (Å²) in [6.45, 7) is 0.712. The van der Waals surface area contributed by atoms with Gasteiger partial charge in [0.15, 0.2) is 11.5 Å². The summed E-state index contributed by atoms with van der Waals surface area (Å²) < 4.78 is 4.96. The molecule has 2 amide bonds. The van der Waals surface area contributed by atoms with Crippen molar-refractivity contribution in [1.29, 1.82) is 0 Å². The number of phenols is 1. The fourth-order valence-corrected chi connectivity index (χ4v) is 2.73. The monoisotopic (exact) mass is 353 g/mol. The minimum atomic E-state index is -0.363. The van der Waals surface area contributed by atoms with E-state index in [2.05, 4.69) is 10.5 Å². The van der Waals surface area contributed by atoms with E-state index in [0.29, 0.717) is 29.8 Å². The number of carbonyl (C=O) groups is 2. The lowest BCUT2D eigenvalue weighted by Crippen LogP contribution is -2.24. The standard InChI is InChI=1S/C19H19N3O4/c1-26-17-9-4-13(11-16(17)23)12-20-21-19(25)14-5-7-15(8-6-14)22-10-2-3-18(22)24/h4-9,11-12,23H,2-3,10H2,1H3,(H,21,25)/b20-12-. The number of hydrazone groups is 1. The maximum Gasteiger partial charge on any atom is 0.271 e. The number of phenolic OH excluding ortho intramolecular Hbond substituents is 1. The van der Waals surface area contributed by atoms with Crippen molar-refractivity contribution >= 4 is 23.7 Å².